The van der Waals surface area contributed by atoms with E-state index in [0.717, 1.165) is 28.0 Å². The van der Waals surface area contributed by atoms with Gasteiger partial charge in [-0.2, -0.15) is 5.10 Å². The molecule has 9 rings (SSSR count). The van der Waals surface area contributed by atoms with Crippen LogP contribution in [0.25, 0.3) is 82.2 Å². The number of aromatic nitrogens is 2. The van der Waals surface area contributed by atoms with Crippen LogP contribution in [0, 0.1) is 0 Å². The van der Waals surface area contributed by atoms with Crippen LogP contribution in [-0.2, 0) is 0 Å². The van der Waals surface area contributed by atoms with Crippen molar-refractivity contribution >= 4 is 48.6 Å². The van der Waals surface area contributed by atoms with Crippen LogP contribution in [0.15, 0.2) is 146 Å². The van der Waals surface area contributed by atoms with Crippen LogP contribution >= 0.6 is 0 Å². The monoisotopic (exact) mass is 520 g/mol. The summed E-state index contributed by atoms with van der Waals surface area (Å²) >= 11 is 0. The third-order valence-electron chi connectivity index (χ3n) is 8.49. The van der Waals surface area contributed by atoms with Gasteiger partial charge < -0.3 is 0 Å². The molecule has 9 aromatic rings. The summed E-state index contributed by atoms with van der Waals surface area (Å²) < 4.78 is 2.13. The smallest absolute Gasteiger partial charge is 0.0934 e. The van der Waals surface area contributed by atoms with Crippen molar-refractivity contribution in [3.05, 3.63) is 146 Å². The number of rotatable bonds is 3. The van der Waals surface area contributed by atoms with E-state index >= 15 is 0 Å². The minimum absolute atomic E-state index is 0.977. The molecule has 0 fully saturated rings. The largest absolute Gasteiger partial charge is 0.232 e. The lowest BCUT2D eigenvalue weighted by Crippen LogP contribution is -1.95. The summed E-state index contributed by atoms with van der Waals surface area (Å²) in [6.45, 7) is 0. The quantitative estimate of drug-likeness (QED) is 0.212. The van der Waals surface area contributed by atoms with Crippen molar-refractivity contribution in [1.29, 1.82) is 0 Å². The van der Waals surface area contributed by atoms with Crippen molar-refractivity contribution in [2.75, 3.05) is 0 Å². The van der Waals surface area contributed by atoms with E-state index < -0.39 is 0 Å². The summed E-state index contributed by atoms with van der Waals surface area (Å²) in [5, 5.41) is 15.4. The lowest BCUT2D eigenvalue weighted by Gasteiger charge is -2.12. The molecule has 0 amide bonds. The van der Waals surface area contributed by atoms with Crippen molar-refractivity contribution in [2.45, 2.75) is 0 Å². The van der Waals surface area contributed by atoms with E-state index in [-0.39, 0.29) is 0 Å². The van der Waals surface area contributed by atoms with Gasteiger partial charge in [-0.15, -0.1) is 0 Å². The maximum absolute atomic E-state index is 5.26. The fourth-order valence-electron chi connectivity index (χ4n) is 6.54. The van der Waals surface area contributed by atoms with Crippen molar-refractivity contribution in [2.24, 2.45) is 0 Å². The lowest BCUT2D eigenvalue weighted by molar-refractivity contribution is 0.980. The third kappa shape index (κ3) is 3.41. The van der Waals surface area contributed by atoms with Crippen molar-refractivity contribution in [3.8, 4) is 33.6 Å². The molecule has 0 bridgehead atoms. The minimum Gasteiger partial charge on any atom is -0.232 e. The highest BCUT2D eigenvalue weighted by Crippen LogP contribution is 2.39. The van der Waals surface area contributed by atoms with Gasteiger partial charge in [-0.05, 0) is 79.2 Å². The molecule has 2 aromatic heterocycles. The van der Waals surface area contributed by atoms with Crippen molar-refractivity contribution in [1.82, 2.24) is 9.61 Å². The van der Waals surface area contributed by atoms with Crippen LogP contribution in [0.1, 0.15) is 0 Å². The van der Waals surface area contributed by atoms with Gasteiger partial charge in [-0.3, -0.25) is 0 Å². The Morgan fingerprint density at radius 1 is 0.390 bits per heavy atom. The highest BCUT2D eigenvalue weighted by Gasteiger charge is 2.16. The van der Waals surface area contributed by atoms with Gasteiger partial charge in [0.05, 0.1) is 16.9 Å². The van der Waals surface area contributed by atoms with Gasteiger partial charge in [0.1, 0.15) is 0 Å². The number of benzene rings is 7. The molecular formula is C39H24N2. The molecule has 7 aromatic carbocycles. The van der Waals surface area contributed by atoms with Crippen LogP contribution in [0.5, 0.6) is 0 Å². The highest BCUT2D eigenvalue weighted by molar-refractivity contribution is 6.23. The molecule has 0 saturated carbocycles. The molecule has 0 unspecified atom stereocenters. The molecular weight excluding hydrogens is 496 g/mol. The van der Waals surface area contributed by atoms with E-state index in [0.29, 0.717) is 0 Å². The minimum atomic E-state index is 0.977. The molecule has 0 aliphatic carbocycles. The number of fused-ring (bicyclic) bond motifs is 3. The molecule has 190 valence electrons. The average Bonchev–Trinajstić information content (AvgIpc) is 3.50. The van der Waals surface area contributed by atoms with Gasteiger partial charge in [0.15, 0.2) is 0 Å². The Morgan fingerprint density at radius 2 is 1.00 bits per heavy atom. The van der Waals surface area contributed by atoms with Gasteiger partial charge in [0, 0.05) is 16.5 Å². The average molecular weight is 521 g/mol. The Labute approximate surface area is 237 Å². The summed E-state index contributed by atoms with van der Waals surface area (Å²) in [7, 11) is 0. The van der Waals surface area contributed by atoms with E-state index in [1.807, 2.05) is 0 Å². The van der Waals surface area contributed by atoms with Gasteiger partial charge in [0.2, 0.25) is 0 Å². The maximum Gasteiger partial charge on any atom is 0.0934 e. The number of nitrogens with zero attached hydrogens (tertiary/aromatic N) is 2. The maximum atomic E-state index is 5.26. The molecule has 0 aliphatic heterocycles. The van der Waals surface area contributed by atoms with E-state index in [4.69, 9.17) is 5.10 Å². The molecule has 0 N–H and O–H groups in total. The van der Waals surface area contributed by atoms with Crippen LogP contribution < -0.4 is 0 Å². The van der Waals surface area contributed by atoms with Gasteiger partial charge >= 0.3 is 0 Å². The molecule has 0 atom stereocenters. The van der Waals surface area contributed by atoms with Crippen molar-refractivity contribution < 1.29 is 0 Å². The zero-order valence-electron chi connectivity index (χ0n) is 22.3. The topological polar surface area (TPSA) is 17.3 Å². The van der Waals surface area contributed by atoms with Crippen molar-refractivity contribution in [3.63, 3.8) is 0 Å². The molecule has 41 heavy (non-hydrogen) atoms. The Hall–Kier alpha value is -5.47. The number of hydrogen-bond acceptors (Lipinski definition) is 1. The number of hydrogen-bond donors (Lipinski definition) is 0. The van der Waals surface area contributed by atoms with Crippen LogP contribution in [0.3, 0.4) is 0 Å². The molecule has 2 heterocycles. The van der Waals surface area contributed by atoms with Gasteiger partial charge in [-0.1, -0.05) is 115 Å². The number of pyridine rings is 1. The Kier molecular flexibility index (Phi) is 4.64. The van der Waals surface area contributed by atoms with Crippen LogP contribution in [-0.4, -0.2) is 9.61 Å². The first-order valence-electron chi connectivity index (χ1n) is 14.1. The fourth-order valence-corrected chi connectivity index (χ4v) is 6.54. The standard InChI is InChI=1S/C39H24N2/c1-3-8-25(9-4-1)29-16-17-30-23-36(26-10-5-2-6-11-26)41-37(34(30)22-29)24-35(40-41)33-20-31-18-14-27-12-7-13-28-15-19-32(21-33)39(31)38(27)28/h1-24H. The summed E-state index contributed by atoms with van der Waals surface area (Å²) in [5.41, 5.74) is 7.88. The Morgan fingerprint density at radius 3 is 1.71 bits per heavy atom. The van der Waals surface area contributed by atoms with Crippen LogP contribution in [0.4, 0.5) is 0 Å². The zero-order valence-corrected chi connectivity index (χ0v) is 22.3. The fraction of sp³-hybridized carbons (Fsp3) is 0. The Balaban J connectivity index is 1.32. The predicted molar refractivity (Wildman–Crippen MR) is 173 cm³/mol. The van der Waals surface area contributed by atoms with E-state index in [1.54, 1.807) is 0 Å². The first-order chi connectivity index (χ1) is 20.3. The zero-order chi connectivity index (χ0) is 26.9. The highest BCUT2D eigenvalue weighted by atomic mass is 15.2. The van der Waals surface area contributed by atoms with Crippen LogP contribution in [0.2, 0.25) is 0 Å². The molecule has 2 heteroatoms. The second kappa shape index (κ2) is 8.51. The normalized spacial score (nSPS) is 11.9. The lowest BCUT2D eigenvalue weighted by atomic mass is 9.92. The summed E-state index contributed by atoms with van der Waals surface area (Å²) in [4.78, 5) is 0. The van der Waals surface area contributed by atoms with E-state index in [2.05, 4.69) is 150 Å². The van der Waals surface area contributed by atoms with Gasteiger partial charge in [0.25, 0.3) is 0 Å². The van der Waals surface area contributed by atoms with E-state index in [1.165, 1.54) is 54.2 Å². The molecule has 2 nitrogen and oxygen atoms in total. The summed E-state index contributed by atoms with van der Waals surface area (Å²) in [6.07, 6.45) is 0. The first-order valence-corrected chi connectivity index (χ1v) is 14.1. The second-order valence-electron chi connectivity index (χ2n) is 10.9. The third-order valence-corrected chi connectivity index (χ3v) is 8.49. The van der Waals surface area contributed by atoms with E-state index in [9.17, 15) is 0 Å². The Bertz CT molecular complexity index is 2340. The molecule has 0 saturated heterocycles. The molecule has 0 aliphatic rings. The molecule has 0 spiro atoms. The SMILES string of the molecule is c1ccc(-c2ccc3cc(-c4ccccc4)n4nc(-c5cc6ccc7cccc8ccc(c5)c6c78)cc4c3c2)cc1. The summed E-state index contributed by atoms with van der Waals surface area (Å²) in [6, 6.07) is 52.6. The second-order valence-corrected chi connectivity index (χ2v) is 10.9. The molecule has 0 radical (unpaired) electrons. The van der Waals surface area contributed by atoms with Gasteiger partial charge in [-0.25, -0.2) is 4.52 Å². The predicted octanol–water partition coefficient (Wildman–Crippen LogP) is 10.4. The summed E-state index contributed by atoms with van der Waals surface area (Å²) in [5.74, 6) is 0. The first kappa shape index (κ1) is 22.4.